The zero-order valence-electron chi connectivity index (χ0n) is 21.1. The number of carbonyl (C=O) groups excluding carboxylic acids is 2. The van der Waals surface area contributed by atoms with Crippen molar-refractivity contribution in [2.24, 2.45) is 7.05 Å². The molecule has 0 radical (unpaired) electrons. The molecule has 0 bridgehead atoms. The molecule has 0 spiro atoms. The molecule has 0 atom stereocenters. The molecule has 3 N–H and O–H groups in total. The van der Waals surface area contributed by atoms with Crippen LogP contribution in [0.2, 0.25) is 0 Å². The van der Waals surface area contributed by atoms with Crippen LogP contribution in [0.4, 0.5) is 35.2 Å². The fourth-order valence-corrected chi connectivity index (χ4v) is 3.85. The van der Waals surface area contributed by atoms with E-state index in [0.717, 1.165) is 23.9 Å². The van der Waals surface area contributed by atoms with Gasteiger partial charge in [0.15, 0.2) is 0 Å². The quantitative estimate of drug-likeness (QED) is 0.314. The summed E-state index contributed by atoms with van der Waals surface area (Å²) in [5.74, 6) is 0.0651. The number of hydrogen-bond acceptors (Lipinski definition) is 5. The number of aryl methyl sites for hydroxylation is 1. The van der Waals surface area contributed by atoms with E-state index in [-0.39, 0.29) is 17.2 Å². The van der Waals surface area contributed by atoms with Crippen LogP contribution in [0.5, 0.6) is 0 Å². The van der Waals surface area contributed by atoms with Gasteiger partial charge in [0.1, 0.15) is 11.5 Å². The lowest BCUT2D eigenvalue weighted by Gasteiger charge is -2.15. The first-order valence-corrected chi connectivity index (χ1v) is 11.6. The first-order valence-electron chi connectivity index (χ1n) is 11.6. The molecule has 0 fully saturated rings. The van der Waals surface area contributed by atoms with E-state index < -0.39 is 17.9 Å². The van der Waals surface area contributed by atoms with Crippen molar-refractivity contribution in [3.8, 4) is 22.4 Å². The molecular weight excluding hydrogens is 513 g/mol. The van der Waals surface area contributed by atoms with E-state index in [4.69, 9.17) is 0 Å². The first kappa shape index (κ1) is 27.0. The van der Waals surface area contributed by atoms with Gasteiger partial charge in [-0.15, -0.1) is 0 Å². The first-order chi connectivity index (χ1) is 18.4. The molecule has 0 aliphatic rings. The van der Waals surface area contributed by atoms with Crippen molar-refractivity contribution in [1.29, 1.82) is 0 Å². The van der Waals surface area contributed by atoms with Crippen molar-refractivity contribution in [1.82, 2.24) is 14.5 Å². The molecule has 0 unspecified atom stereocenters. The van der Waals surface area contributed by atoms with Gasteiger partial charge in [0.25, 0.3) is 5.56 Å². The molecule has 200 valence electrons. The van der Waals surface area contributed by atoms with Crippen LogP contribution >= 0.6 is 0 Å². The zero-order chi connectivity index (χ0) is 28.3. The summed E-state index contributed by atoms with van der Waals surface area (Å²) in [5.41, 5.74) is 2.49. The molecular formula is C27H23F3N6O3. The number of alkyl halides is 3. The summed E-state index contributed by atoms with van der Waals surface area (Å²) < 4.78 is 39.6. The highest BCUT2D eigenvalue weighted by atomic mass is 19.4. The van der Waals surface area contributed by atoms with E-state index in [1.54, 1.807) is 37.4 Å². The third kappa shape index (κ3) is 6.47. The summed E-state index contributed by atoms with van der Waals surface area (Å²) in [6.45, 7) is 3.22. The molecule has 1 aromatic carbocycles. The molecule has 9 nitrogen and oxygen atoms in total. The predicted octanol–water partition coefficient (Wildman–Crippen LogP) is 5.44. The molecule has 39 heavy (non-hydrogen) atoms. The second kappa shape index (κ2) is 10.8. The van der Waals surface area contributed by atoms with Crippen LogP contribution in [0, 0.1) is 6.92 Å². The second-order valence-corrected chi connectivity index (χ2v) is 8.68. The standard InChI is InChI=1S/C27H23F3N6O3/c1-15-4-5-19(34-26(39)35-20-6-7-23(32-14-20)27(28,29)30)13-21(15)18-10-22(36(3)25(38)12-18)17-8-9-31-24(11-17)33-16(2)37/h4-14H,1-3H3,(H,31,33,37)(H2,34,35,39). The molecule has 3 amide bonds. The van der Waals surface area contributed by atoms with Crippen LogP contribution < -0.4 is 21.5 Å². The topological polar surface area (TPSA) is 118 Å². The number of anilines is 3. The summed E-state index contributed by atoms with van der Waals surface area (Å²) in [5, 5.41) is 7.70. The third-order valence-electron chi connectivity index (χ3n) is 5.74. The van der Waals surface area contributed by atoms with Crippen molar-refractivity contribution < 1.29 is 22.8 Å². The molecule has 0 aliphatic carbocycles. The largest absolute Gasteiger partial charge is 0.433 e. The van der Waals surface area contributed by atoms with Gasteiger partial charge in [0.05, 0.1) is 17.6 Å². The highest BCUT2D eigenvalue weighted by Gasteiger charge is 2.32. The lowest BCUT2D eigenvalue weighted by molar-refractivity contribution is -0.141. The monoisotopic (exact) mass is 536 g/mol. The Bertz CT molecular complexity index is 1610. The van der Waals surface area contributed by atoms with E-state index in [9.17, 15) is 27.6 Å². The van der Waals surface area contributed by atoms with Gasteiger partial charge >= 0.3 is 12.2 Å². The van der Waals surface area contributed by atoms with E-state index in [2.05, 4.69) is 25.9 Å². The van der Waals surface area contributed by atoms with Crippen molar-refractivity contribution in [3.05, 3.63) is 88.6 Å². The summed E-state index contributed by atoms with van der Waals surface area (Å²) in [6.07, 6.45) is -2.14. The Morgan fingerprint density at radius 3 is 2.26 bits per heavy atom. The summed E-state index contributed by atoms with van der Waals surface area (Å²) in [7, 11) is 1.63. The van der Waals surface area contributed by atoms with Crippen molar-refractivity contribution in [2.75, 3.05) is 16.0 Å². The number of carbonyl (C=O) groups is 2. The fourth-order valence-electron chi connectivity index (χ4n) is 3.85. The Kier molecular flexibility index (Phi) is 7.47. The number of amides is 3. The number of pyridine rings is 3. The van der Waals surface area contributed by atoms with Crippen LogP contribution in [-0.4, -0.2) is 26.5 Å². The summed E-state index contributed by atoms with van der Waals surface area (Å²) in [4.78, 5) is 44.2. The van der Waals surface area contributed by atoms with E-state index in [1.807, 2.05) is 13.0 Å². The highest BCUT2D eigenvalue weighted by Crippen LogP contribution is 2.30. The third-order valence-corrected chi connectivity index (χ3v) is 5.74. The van der Waals surface area contributed by atoms with Gasteiger partial charge in [-0.1, -0.05) is 6.07 Å². The average Bonchev–Trinajstić information content (AvgIpc) is 2.86. The predicted molar refractivity (Wildman–Crippen MR) is 141 cm³/mol. The van der Waals surface area contributed by atoms with Gasteiger partial charge in [-0.05, 0) is 66.1 Å². The van der Waals surface area contributed by atoms with E-state index >= 15 is 0 Å². The SMILES string of the molecule is CC(=O)Nc1cc(-c2cc(-c3cc(NC(=O)Nc4ccc(C(F)(F)F)nc4)ccc3C)cc(=O)n2C)ccn1. The maximum atomic E-state index is 12.9. The highest BCUT2D eigenvalue weighted by molar-refractivity contribution is 6.00. The number of aromatic nitrogens is 3. The minimum atomic E-state index is -4.58. The molecule has 4 rings (SSSR count). The average molecular weight is 537 g/mol. The van der Waals surface area contributed by atoms with E-state index in [1.165, 1.54) is 23.8 Å². The maximum absolute atomic E-state index is 12.9. The molecule has 0 aliphatic heterocycles. The Labute approximate surface area is 220 Å². The van der Waals surface area contributed by atoms with Gasteiger partial charge < -0.3 is 20.5 Å². The Hall–Kier alpha value is -5.00. The Morgan fingerprint density at radius 1 is 0.872 bits per heavy atom. The molecule has 0 saturated heterocycles. The Balaban J connectivity index is 1.60. The van der Waals surface area contributed by atoms with Crippen LogP contribution in [0.3, 0.4) is 0 Å². The summed E-state index contributed by atoms with van der Waals surface area (Å²) in [6, 6.07) is 13.0. The molecule has 3 aromatic heterocycles. The maximum Gasteiger partial charge on any atom is 0.433 e. The normalized spacial score (nSPS) is 11.1. The number of nitrogens with one attached hydrogen (secondary N) is 3. The number of urea groups is 1. The number of hydrogen-bond donors (Lipinski definition) is 3. The smallest absolute Gasteiger partial charge is 0.311 e. The lowest BCUT2D eigenvalue weighted by atomic mass is 9.98. The minimum absolute atomic E-state index is 0.0833. The van der Waals surface area contributed by atoms with Crippen LogP contribution in [0.25, 0.3) is 22.4 Å². The fraction of sp³-hybridized carbons (Fsp3) is 0.148. The van der Waals surface area contributed by atoms with Gasteiger partial charge in [0.2, 0.25) is 5.91 Å². The van der Waals surface area contributed by atoms with E-state index in [0.29, 0.717) is 33.9 Å². The van der Waals surface area contributed by atoms with Crippen molar-refractivity contribution in [3.63, 3.8) is 0 Å². The van der Waals surface area contributed by atoms with Crippen molar-refractivity contribution >= 4 is 29.1 Å². The minimum Gasteiger partial charge on any atom is -0.311 e. The lowest BCUT2D eigenvalue weighted by Crippen LogP contribution is -2.20. The van der Waals surface area contributed by atoms with Gasteiger partial charge in [-0.2, -0.15) is 13.2 Å². The summed E-state index contributed by atoms with van der Waals surface area (Å²) >= 11 is 0. The van der Waals surface area contributed by atoms with Crippen LogP contribution in [-0.2, 0) is 18.0 Å². The van der Waals surface area contributed by atoms with Crippen LogP contribution in [0.15, 0.2) is 71.8 Å². The molecule has 12 heteroatoms. The van der Waals surface area contributed by atoms with Crippen LogP contribution in [0.1, 0.15) is 18.2 Å². The van der Waals surface area contributed by atoms with Crippen molar-refractivity contribution in [2.45, 2.75) is 20.0 Å². The number of rotatable bonds is 5. The molecule has 4 aromatic rings. The second-order valence-electron chi connectivity index (χ2n) is 8.68. The van der Waals surface area contributed by atoms with Gasteiger partial charge in [-0.25, -0.2) is 14.8 Å². The number of nitrogens with zero attached hydrogens (tertiary/aromatic N) is 3. The van der Waals surface area contributed by atoms with Gasteiger partial charge in [0, 0.05) is 37.5 Å². The number of benzene rings is 1. The molecule has 0 saturated carbocycles. The Morgan fingerprint density at radius 2 is 1.59 bits per heavy atom. The zero-order valence-corrected chi connectivity index (χ0v) is 21.1. The molecule has 3 heterocycles. The van der Waals surface area contributed by atoms with Gasteiger partial charge in [-0.3, -0.25) is 9.59 Å². The number of halogens is 3.